The van der Waals surface area contributed by atoms with E-state index in [1.165, 1.54) is 12.1 Å². The number of hydrogen-bond donors (Lipinski definition) is 0. The number of benzene rings is 1. The Kier molecular flexibility index (Phi) is 1.51. The van der Waals surface area contributed by atoms with Gasteiger partial charge in [-0.25, -0.2) is 0 Å². The van der Waals surface area contributed by atoms with Crippen LogP contribution in [0.15, 0.2) is 28.7 Å². The average Bonchev–Trinajstić information content (AvgIpc) is 2.45. The molecular formula is C8H4FNO3. The van der Waals surface area contributed by atoms with Crippen molar-refractivity contribution in [3.8, 4) is 0 Å². The SMILES string of the molecule is O=[N+]([O-])c1oc2ccccc2c1F. The van der Waals surface area contributed by atoms with E-state index in [1.54, 1.807) is 12.1 Å². The van der Waals surface area contributed by atoms with E-state index in [1.807, 2.05) is 0 Å². The summed E-state index contributed by atoms with van der Waals surface area (Å²) in [5.41, 5.74) is 0.187. The molecule has 0 saturated carbocycles. The number of nitro groups is 1. The average molecular weight is 181 g/mol. The van der Waals surface area contributed by atoms with Crippen molar-refractivity contribution >= 4 is 16.9 Å². The molecule has 0 saturated heterocycles. The minimum atomic E-state index is -0.916. The van der Waals surface area contributed by atoms with E-state index >= 15 is 0 Å². The van der Waals surface area contributed by atoms with Gasteiger partial charge in [-0.15, -0.1) is 0 Å². The largest absolute Gasteiger partial charge is 0.470 e. The van der Waals surface area contributed by atoms with Crippen molar-refractivity contribution in [2.45, 2.75) is 0 Å². The fourth-order valence-electron chi connectivity index (χ4n) is 1.12. The Hall–Kier alpha value is -1.91. The number of fused-ring (bicyclic) bond motifs is 1. The smallest absolute Gasteiger partial charge is 0.398 e. The Morgan fingerprint density at radius 1 is 1.38 bits per heavy atom. The number of rotatable bonds is 1. The molecule has 0 bridgehead atoms. The molecule has 0 atom stereocenters. The lowest BCUT2D eigenvalue weighted by Gasteiger charge is -1.81. The first-order chi connectivity index (χ1) is 6.20. The summed E-state index contributed by atoms with van der Waals surface area (Å²) in [5.74, 6) is -1.75. The van der Waals surface area contributed by atoms with E-state index in [0.717, 1.165) is 0 Å². The Labute approximate surface area is 71.7 Å². The van der Waals surface area contributed by atoms with Gasteiger partial charge >= 0.3 is 5.88 Å². The molecule has 0 radical (unpaired) electrons. The summed E-state index contributed by atoms with van der Waals surface area (Å²) in [6, 6.07) is 6.12. The second-order valence-corrected chi connectivity index (χ2v) is 2.47. The summed E-state index contributed by atoms with van der Waals surface area (Å²) in [5, 5.41) is 10.4. The number of nitrogens with zero attached hydrogens (tertiary/aromatic N) is 1. The van der Waals surface area contributed by atoms with Crippen LogP contribution in [0.3, 0.4) is 0 Å². The second kappa shape index (κ2) is 2.55. The van der Waals surface area contributed by atoms with Crippen LogP contribution in [0.1, 0.15) is 0 Å². The summed E-state index contributed by atoms with van der Waals surface area (Å²) in [7, 11) is 0. The van der Waals surface area contributed by atoms with Crippen molar-refractivity contribution in [1.29, 1.82) is 0 Å². The molecule has 4 nitrogen and oxygen atoms in total. The van der Waals surface area contributed by atoms with E-state index in [4.69, 9.17) is 0 Å². The quantitative estimate of drug-likeness (QED) is 0.501. The molecule has 0 aliphatic carbocycles. The standard InChI is InChI=1S/C8H4FNO3/c9-7-5-3-1-2-4-6(5)13-8(7)10(11)12/h1-4H. The summed E-state index contributed by atoms with van der Waals surface area (Å²) in [6.45, 7) is 0. The Morgan fingerprint density at radius 3 is 2.69 bits per heavy atom. The van der Waals surface area contributed by atoms with Crippen LogP contribution in [-0.4, -0.2) is 4.92 Å². The molecule has 1 aromatic heterocycles. The highest BCUT2D eigenvalue weighted by molar-refractivity contribution is 5.80. The van der Waals surface area contributed by atoms with E-state index < -0.39 is 16.6 Å². The van der Waals surface area contributed by atoms with E-state index in [-0.39, 0.29) is 11.0 Å². The molecule has 0 aliphatic heterocycles. The fraction of sp³-hybridized carbons (Fsp3) is 0. The molecular weight excluding hydrogens is 177 g/mol. The van der Waals surface area contributed by atoms with Gasteiger partial charge in [0.05, 0.1) is 5.39 Å². The molecule has 66 valence electrons. The maximum Gasteiger partial charge on any atom is 0.470 e. The van der Waals surface area contributed by atoms with Crippen LogP contribution in [0.2, 0.25) is 0 Å². The summed E-state index contributed by atoms with van der Waals surface area (Å²) in [6.07, 6.45) is 0. The van der Waals surface area contributed by atoms with Crippen molar-refractivity contribution < 1.29 is 13.7 Å². The number of para-hydroxylation sites is 1. The Bertz CT molecular complexity index is 477. The third kappa shape index (κ3) is 1.05. The number of hydrogen-bond acceptors (Lipinski definition) is 3. The number of furan rings is 1. The van der Waals surface area contributed by atoms with Gasteiger partial charge in [0.25, 0.3) is 5.82 Å². The van der Waals surface area contributed by atoms with Gasteiger partial charge in [0.2, 0.25) is 0 Å². The van der Waals surface area contributed by atoms with Crippen molar-refractivity contribution in [2.75, 3.05) is 0 Å². The van der Waals surface area contributed by atoms with E-state index in [2.05, 4.69) is 4.42 Å². The van der Waals surface area contributed by atoms with Crippen LogP contribution in [0.5, 0.6) is 0 Å². The normalized spacial score (nSPS) is 10.5. The fourth-order valence-corrected chi connectivity index (χ4v) is 1.12. The van der Waals surface area contributed by atoms with Crippen molar-refractivity contribution in [3.05, 3.63) is 40.2 Å². The molecule has 0 amide bonds. The monoisotopic (exact) mass is 181 g/mol. The van der Waals surface area contributed by atoms with Gasteiger partial charge in [-0.1, -0.05) is 12.1 Å². The topological polar surface area (TPSA) is 56.3 Å². The van der Waals surface area contributed by atoms with Gasteiger partial charge in [-0.2, -0.15) is 4.39 Å². The molecule has 1 heterocycles. The molecule has 0 fully saturated rings. The van der Waals surface area contributed by atoms with Crippen molar-refractivity contribution in [3.63, 3.8) is 0 Å². The second-order valence-electron chi connectivity index (χ2n) is 2.47. The third-order valence-electron chi connectivity index (χ3n) is 1.68. The van der Waals surface area contributed by atoms with Crippen molar-refractivity contribution in [2.24, 2.45) is 0 Å². The molecule has 2 aromatic rings. The Balaban J connectivity index is 2.81. The van der Waals surface area contributed by atoms with Gasteiger partial charge in [0.15, 0.2) is 0 Å². The molecule has 0 spiro atoms. The highest BCUT2D eigenvalue weighted by Gasteiger charge is 2.23. The lowest BCUT2D eigenvalue weighted by atomic mass is 10.2. The van der Waals surface area contributed by atoms with Crippen LogP contribution in [-0.2, 0) is 0 Å². The molecule has 2 rings (SSSR count). The maximum absolute atomic E-state index is 13.1. The highest BCUT2D eigenvalue weighted by Crippen LogP contribution is 2.29. The minimum absolute atomic E-state index is 0.134. The van der Waals surface area contributed by atoms with Crippen LogP contribution in [0, 0.1) is 15.9 Å². The molecule has 0 unspecified atom stereocenters. The number of halogens is 1. The summed E-state index contributed by atoms with van der Waals surface area (Å²) >= 11 is 0. The van der Waals surface area contributed by atoms with E-state index in [9.17, 15) is 14.5 Å². The first kappa shape index (κ1) is 7.72. The molecule has 5 heteroatoms. The van der Waals surface area contributed by atoms with E-state index in [0.29, 0.717) is 0 Å². The first-order valence-electron chi connectivity index (χ1n) is 3.51. The zero-order valence-electron chi connectivity index (χ0n) is 6.36. The van der Waals surface area contributed by atoms with Gasteiger partial charge in [-0.05, 0) is 12.1 Å². The van der Waals surface area contributed by atoms with Crippen LogP contribution >= 0.6 is 0 Å². The van der Waals surface area contributed by atoms with Gasteiger partial charge in [0.1, 0.15) is 10.5 Å². The van der Waals surface area contributed by atoms with Crippen molar-refractivity contribution in [1.82, 2.24) is 0 Å². The molecule has 0 aliphatic rings. The third-order valence-corrected chi connectivity index (χ3v) is 1.68. The predicted molar refractivity (Wildman–Crippen MR) is 42.8 cm³/mol. The minimum Gasteiger partial charge on any atom is -0.398 e. The zero-order valence-corrected chi connectivity index (χ0v) is 6.36. The maximum atomic E-state index is 13.1. The van der Waals surface area contributed by atoms with Gasteiger partial charge in [0, 0.05) is 0 Å². The molecule has 1 aromatic carbocycles. The Morgan fingerprint density at radius 2 is 2.08 bits per heavy atom. The lowest BCUT2D eigenvalue weighted by molar-refractivity contribution is -0.404. The van der Waals surface area contributed by atoms with Gasteiger partial charge in [-0.3, -0.25) is 10.1 Å². The molecule has 13 heavy (non-hydrogen) atoms. The molecule has 0 N–H and O–H groups in total. The first-order valence-corrected chi connectivity index (χ1v) is 3.51. The highest BCUT2D eigenvalue weighted by atomic mass is 19.1. The van der Waals surface area contributed by atoms with Crippen LogP contribution in [0.25, 0.3) is 11.0 Å². The zero-order chi connectivity index (χ0) is 9.42. The van der Waals surface area contributed by atoms with Gasteiger partial charge < -0.3 is 4.42 Å². The summed E-state index contributed by atoms with van der Waals surface area (Å²) < 4.78 is 17.8. The van der Waals surface area contributed by atoms with Crippen LogP contribution in [0.4, 0.5) is 10.3 Å². The summed E-state index contributed by atoms with van der Waals surface area (Å²) in [4.78, 5) is 9.38. The lowest BCUT2D eigenvalue weighted by Crippen LogP contribution is -1.86. The van der Waals surface area contributed by atoms with Crippen LogP contribution < -0.4 is 0 Å². The predicted octanol–water partition coefficient (Wildman–Crippen LogP) is 2.48.